The molecule has 0 atom stereocenters. The molecule has 9 rings (SSSR count). The zero-order valence-electron chi connectivity index (χ0n) is 44.4. The highest BCUT2D eigenvalue weighted by atomic mass is 16.3. The molecule has 9 aromatic rings. The Morgan fingerprint density at radius 2 is 0.780 bits per heavy atom. The van der Waals surface area contributed by atoms with Crippen LogP contribution < -0.4 is 0 Å². The van der Waals surface area contributed by atoms with E-state index in [9.17, 15) is 9.60 Å². The van der Waals surface area contributed by atoms with Crippen LogP contribution in [0.4, 0.5) is 0 Å². The van der Waals surface area contributed by atoms with Gasteiger partial charge in [-0.05, 0) is 77.1 Å². The highest BCUT2D eigenvalue weighted by molar-refractivity contribution is 6.27. The predicted molar refractivity (Wildman–Crippen MR) is 175 cm³/mol. The van der Waals surface area contributed by atoms with Crippen molar-refractivity contribution in [1.29, 1.82) is 0 Å². The third-order valence-corrected chi connectivity index (χ3v) is 6.97. The van der Waals surface area contributed by atoms with Gasteiger partial charge in [0, 0.05) is 16.5 Å². The fraction of sp³-hybridized carbons (Fsp3) is 0. The number of rotatable bonds is 2. The standard InChI is InChI=1S/C40H24O/c1-2-13-28-26(11-1)27-12-3-4-14-29(27)36-23-25(21-22-30(28)36)39-32-16-5-7-18-34(32)40(35-19-8-6-17-33(35)39)37-24-41-38-20-10-9-15-31(37)38/h1-24H/i1D,2D,3D,4D,5D,6D,7D,8D,9D,10D,11D,12D,13D,14D,15D,16D,17D,18D,19D,20D,21D,22D,23D,24D. The second-order valence-electron chi connectivity index (χ2n) is 9.03. The number of para-hydroxylation sites is 1. The summed E-state index contributed by atoms with van der Waals surface area (Å²) >= 11 is 0. The molecule has 1 heteroatoms. The van der Waals surface area contributed by atoms with Crippen LogP contribution in [0.2, 0.25) is 0 Å². The highest BCUT2D eigenvalue weighted by Gasteiger charge is 2.19. The van der Waals surface area contributed by atoms with Crippen molar-refractivity contribution in [2.75, 3.05) is 0 Å². The molecule has 1 aromatic heterocycles. The Morgan fingerprint density at radius 1 is 0.366 bits per heavy atom. The van der Waals surface area contributed by atoms with Crippen LogP contribution in [-0.2, 0) is 0 Å². The summed E-state index contributed by atoms with van der Waals surface area (Å²) in [5.74, 6) is 0. The van der Waals surface area contributed by atoms with Crippen molar-refractivity contribution in [3.05, 3.63) is 145 Å². The van der Waals surface area contributed by atoms with Gasteiger partial charge in [0.25, 0.3) is 0 Å². The van der Waals surface area contributed by atoms with Crippen LogP contribution in [0, 0.1) is 0 Å². The van der Waals surface area contributed by atoms with Crippen LogP contribution in [0.15, 0.2) is 150 Å². The molecule has 41 heavy (non-hydrogen) atoms. The average molecular weight is 545 g/mol. The second kappa shape index (κ2) is 8.55. The van der Waals surface area contributed by atoms with Crippen LogP contribution in [0.3, 0.4) is 0 Å². The van der Waals surface area contributed by atoms with Gasteiger partial charge in [-0.3, -0.25) is 0 Å². The van der Waals surface area contributed by atoms with Gasteiger partial charge in [0.2, 0.25) is 0 Å². The first-order valence-electron chi connectivity index (χ1n) is 24.2. The van der Waals surface area contributed by atoms with Gasteiger partial charge in [-0.15, -0.1) is 0 Å². The predicted octanol–water partition coefficient (Wildman–Crippen LogP) is 11.5. The Bertz CT molecular complexity index is 3690. The molecule has 0 radical (unpaired) electrons. The van der Waals surface area contributed by atoms with E-state index in [0.29, 0.717) is 0 Å². The lowest BCUT2D eigenvalue weighted by Gasteiger charge is -2.18. The molecule has 0 amide bonds. The molecule has 0 bridgehead atoms. The highest BCUT2D eigenvalue weighted by Crippen LogP contribution is 2.46. The quantitative estimate of drug-likeness (QED) is 0.156. The van der Waals surface area contributed by atoms with Gasteiger partial charge in [-0.2, -0.15) is 0 Å². The number of hydrogen-bond acceptors (Lipinski definition) is 1. The Balaban J connectivity index is 1.68. The van der Waals surface area contributed by atoms with E-state index in [4.69, 9.17) is 27.7 Å². The molecular weight excluding hydrogens is 496 g/mol. The van der Waals surface area contributed by atoms with Crippen LogP contribution in [0.1, 0.15) is 32.9 Å². The maximum absolute atomic E-state index is 9.94. The zero-order valence-corrected chi connectivity index (χ0v) is 20.4. The molecule has 1 nitrogen and oxygen atoms in total. The molecule has 0 saturated carbocycles. The van der Waals surface area contributed by atoms with Crippen molar-refractivity contribution in [2.45, 2.75) is 0 Å². The van der Waals surface area contributed by atoms with Crippen molar-refractivity contribution in [1.82, 2.24) is 0 Å². The van der Waals surface area contributed by atoms with E-state index in [2.05, 4.69) is 0 Å². The van der Waals surface area contributed by atoms with Gasteiger partial charge in [-0.25, -0.2) is 0 Å². The van der Waals surface area contributed by atoms with Crippen molar-refractivity contribution in [3.63, 3.8) is 0 Å². The zero-order chi connectivity index (χ0) is 47.8. The summed E-state index contributed by atoms with van der Waals surface area (Å²) in [6.45, 7) is 0. The number of benzene rings is 8. The molecule has 8 aromatic carbocycles. The average Bonchev–Trinajstić information content (AvgIpc) is 3.63. The maximum atomic E-state index is 9.94. The van der Waals surface area contributed by atoms with E-state index in [1.165, 1.54) is 0 Å². The summed E-state index contributed by atoms with van der Waals surface area (Å²) in [5, 5.41) is -6.14. The van der Waals surface area contributed by atoms with Gasteiger partial charge in [0.15, 0.2) is 0 Å². The third kappa shape index (κ3) is 3.18. The summed E-state index contributed by atoms with van der Waals surface area (Å²) in [6.07, 6.45) is -0.902. The Morgan fingerprint density at radius 3 is 1.34 bits per heavy atom. The lowest BCUT2D eigenvalue weighted by atomic mass is 9.85. The Kier molecular flexibility index (Phi) is 1.94. The smallest absolute Gasteiger partial charge is 0.134 e. The minimum Gasteiger partial charge on any atom is -0.464 e. The normalized spacial score (nSPS) is 20.1. The van der Waals surface area contributed by atoms with E-state index >= 15 is 0 Å². The lowest BCUT2D eigenvalue weighted by Crippen LogP contribution is -1.91. The molecule has 0 aliphatic heterocycles. The molecule has 0 unspecified atom stereocenters. The first-order chi connectivity index (χ1) is 30.3. The fourth-order valence-corrected chi connectivity index (χ4v) is 5.29. The molecule has 0 N–H and O–H groups in total. The number of furan rings is 1. The molecule has 190 valence electrons. The van der Waals surface area contributed by atoms with Crippen LogP contribution >= 0.6 is 0 Å². The van der Waals surface area contributed by atoms with E-state index in [1.54, 1.807) is 0 Å². The first-order valence-corrected chi connectivity index (χ1v) is 12.2. The van der Waals surface area contributed by atoms with Gasteiger partial charge < -0.3 is 4.42 Å². The minimum atomic E-state index is -0.976. The van der Waals surface area contributed by atoms with E-state index in [1.807, 2.05) is 0 Å². The number of fused-ring (bicyclic) bond motifs is 9. The monoisotopic (exact) mass is 544 g/mol. The SMILES string of the molecule is [2H]c1oc2c([2H])c([2H])c([2H])c([2H])c2c1-c1c2c([2H])c([2H])c([2H])c([2H])c2c(-c2c([2H])c([2H])c3c4c([2H])c([2H])c([2H])c([2H])c4c4c([2H])c([2H])c([2H])c([2H])c4c3c2[2H])c2c([2H])c([2H])c([2H])c([2H])c12. The van der Waals surface area contributed by atoms with Gasteiger partial charge in [0.1, 0.15) is 6.95 Å². The minimum absolute atomic E-state index is 0.453. The Labute approximate surface area is 270 Å². The van der Waals surface area contributed by atoms with E-state index in [-0.39, 0.29) is 0 Å². The van der Waals surface area contributed by atoms with E-state index < -0.39 is 232 Å². The molecule has 0 fully saturated rings. The number of hydrogen-bond donors (Lipinski definition) is 0. The summed E-state index contributed by atoms with van der Waals surface area (Å²) in [7, 11) is 0. The van der Waals surface area contributed by atoms with Crippen LogP contribution in [0.5, 0.6) is 0 Å². The summed E-state index contributed by atoms with van der Waals surface area (Å²) < 4.78 is 220. The van der Waals surface area contributed by atoms with Gasteiger partial charge in [0.05, 0.1) is 37.8 Å². The molecule has 0 spiro atoms. The van der Waals surface area contributed by atoms with Crippen molar-refractivity contribution in [2.24, 2.45) is 0 Å². The topological polar surface area (TPSA) is 13.1 Å². The third-order valence-electron chi connectivity index (χ3n) is 6.97. The maximum Gasteiger partial charge on any atom is 0.134 e. The van der Waals surface area contributed by atoms with Gasteiger partial charge in [-0.1, -0.05) is 127 Å². The Hall–Kier alpha value is -5.40. The van der Waals surface area contributed by atoms with Gasteiger partial charge >= 0.3 is 0 Å². The molecule has 0 aliphatic rings. The molecule has 0 saturated heterocycles. The summed E-state index contributed by atoms with van der Waals surface area (Å²) in [4.78, 5) is 0. The fourth-order valence-electron chi connectivity index (χ4n) is 5.29. The van der Waals surface area contributed by atoms with Crippen molar-refractivity contribution in [3.8, 4) is 22.3 Å². The lowest BCUT2D eigenvalue weighted by molar-refractivity contribution is 0.617. The summed E-state index contributed by atoms with van der Waals surface area (Å²) in [6, 6.07) is -19.8. The van der Waals surface area contributed by atoms with Crippen LogP contribution in [-0.4, -0.2) is 0 Å². The largest absolute Gasteiger partial charge is 0.464 e. The van der Waals surface area contributed by atoms with Crippen LogP contribution in [0.25, 0.3) is 87.1 Å². The van der Waals surface area contributed by atoms with E-state index in [0.717, 1.165) is 0 Å². The van der Waals surface area contributed by atoms with Crippen molar-refractivity contribution < 1.29 is 37.3 Å². The molecule has 0 aliphatic carbocycles. The van der Waals surface area contributed by atoms with Crippen molar-refractivity contribution >= 4 is 64.8 Å². The summed E-state index contributed by atoms with van der Waals surface area (Å²) in [5.41, 5.74) is -3.15. The second-order valence-corrected chi connectivity index (χ2v) is 9.03. The molecule has 1 heterocycles. The molecular formula is C40H24O. The first kappa shape index (κ1) is 9.33.